The zero-order chi connectivity index (χ0) is 9.52. The lowest BCUT2D eigenvalue weighted by atomic mass is 9.93. The highest BCUT2D eigenvalue weighted by Crippen LogP contribution is 2.20. The van der Waals surface area contributed by atoms with Gasteiger partial charge in [0.2, 0.25) is 0 Å². The van der Waals surface area contributed by atoms with Gasteiger partial charge in [-0.1, -0.05) is 6.92 Å². The minimum atomic E-state index is 0.146. The molecule has 0 aromatic rings. The molecule has 0 saturated heterocycles. The Morgan fingerprint density at radius 2 is 2.00 bits per heavy atom. The molecule has 1 aliphatic carbocycles. The number of nitrogens with one attached hydrogen (secondary N) is 1. The Hall–Kier alpha value is -0.120. The molecule has 0 aliphatic heterocycles. The van der Waals surface area contributed by atoms with E-state index < -0.39 is 0 Å². The molecule has 0 unspecified atom stereocenters. The highest BCUT2D eigenvalue weighted by molar-refractivity contribution is 4.76. The third-order valence-corrected chi connectivity index (χ3v) is 2.61. The Kier molecular flexibility index (Phi) is 5.35. The molecule has 2 N–H and O–H groups in total. The van der Waals surface area contributed by atoms with Crippen LogP contribution < -0.4 is 5.32 Å². The molecule has 1 rings (SSSR count). The molecule has 0 atom stereocenters. The van der Waals surface area contributed by atoms with Gasteiger partial charge in [0.25, 0.3) is 0 Å². The molecule has 0 amide bonds. The molecule has 0 bridgehead atoms. The van der Waals surface area contributed by atoms with Crippen molar-refractivity contribution in [3.05, 3.63) is 0 Å². The number of aliphatic hydroxyl groups excluding tert-OH is 1. The summed E-state index contributed by atoms with van der Waals surface area (Å²) in [5, 5.41) is 12.1. The van der Waals surface area contributed by atoms with Crippen molar-refractivity contribution in [2.75, 3.05) is 19.8 Å². The van der Waals surface area contributed by atoms with Gasteiger partial charge in [-0.05, 0) is 32.2 Å². The number of hydrogen-bond donors (Lipinski definition) is 2. The van der Waals surface area contributed by atoms with Gasteiger partial charge in [0, 0.05) is 6.04 Å². The van der Waals surface area contributed by atoms with Crippen molar-refractivity contribution in [1.82, 2.24) is 5.32 Å². The first-order valence-corrected chi connectivity index (χ1v) is 5.32. The first-order valence-electron chi connectivity index (χ1n) is 5.32. The van der Waals surface area contributed by atoms with Gasteiger partial charge < -0.3 is 15.2 Å². The average Bonchev–Trinajstić information content (AvgIpc) is 2.17. The number of aliphatic hydroxyl groups is 1. The summed E-state index contributed by atoms with van der Waals surface area (Å²) >= 11 is 0. The summed E-state index contributed by atoms with van der Waals surface area (Å²) in [7, 11) is 0. The Morgan fingerprint density at radius 1 is 1.31 bits per heavy atom. The summed E-state index contributed by atoms with van der Waals surface area (Å²) < 4.78 is 5.48. The lowest BCUT2D eigenvalue weighted by Gasteiger charge is -2.28. The van der Waals surface area contributed by atoms with E-state index >= 15 is 0 Å². The van der Waals surface area contributed by atoms with Crippen LogP contribution in [0.4, 0.5) is 0 Å². The number of hydrogen-bond acceptors (Lipinski definition) is 3. The van der Waals surface area contributed by atoms with Crippen molar-refractivity contribution in [3.63, 3.8) is 0 Å². The molecule has 13 heavy (non-hydrogen) atoms. The van der Waals surface area contributed by atoms with Crippen LogP contribution in [0, 0.1) is 0 Å². The quantitative estimate of drug-likeness (QED) is 0.672. The van der Waals surface area contributed by atoms with Gasteiger partial charge in [-0.3, -0.25) is 0 Å². The summed E-state index contributed by atoms with van der Waals surface area (Å²) in [5.74, 6) is 0. The molecule has 0 aromatic carbocycles. The lowest BCUT2D eigenvalue weighted by molar-refractivity contribution is 0.00424. The van der Waals surface area contributed by atoms with Gasteiger partial charge >= 0.3 is 0 Å². The van der Waals surface area contributed by atoms with E-state index in [1.54, 1.807) is 0 Å². The molecular weight excluding hydrogens is 166 g/mol. The fraction of sp³-hybridized carbons (Fsp3) is 1.00. The second kappa shape index (κ2) is 6.35. The predicted octanol–water partition coefficient (Wildman–Crippen LogP) is 0.916. The van der Waals surface area contributed by atoms with Gasteiger partial charge in [-0.25, -0.2) is 0 Å². The SMILES string of the molecule is CCNC1CCC(OCCO)CC1. The van der Waals surface area contributed by atoms with E-state index in [2.05, 4.69) is 12.2 Å². The fourth-order valence-electron chi connectivity index (χ4n) is 1.94. The van der Waals surface area contributed by atoms with E-state index in [4.69, 9.17) is 9.84 Å². The van der Waals surface area contributed by atoms with E-state index in [0.29, 0.717) is 18.8 Å². The van der Waals surface area contributed by atoms with Gasteiger partial charge in [-0.15, -0.1) is 0 Å². The first kappa shape index (κ1) is 11.0. The Bertz CT molecular complexity index is 122. The van der Waals surface area contributed by atoms with Crippen LogP contribution >= 0.6 is 0 Å². The minimum absolute atomic E-state index is 0.146. The summed E-state index contributed by atoms with van der Waals surface area (Å²) in [4.78, 5) is 0. The summed E-state index contributed by atoms with van der Waals surface area (Å²) in [6.45, 7) is 3.85. The lowest BCUT2D eigenvalue weighted by Crippen LogP contribution is -2.35. The van der Waals surface area contributed by atoms with E-state index in [-0.39, 0.29) is 6.61 Å². The van der Waals surface area contributed by atoms with E-state index in [1.165, 1.54) is 12.8 Å². The maximum atomic E-state index is 8.60. The van der Waals surface area contributed by atoms with E-state index in [9.17, 15) is 0 Å². The normalized spacial score (nSPS) is 29.1. The second-order valence-corrected chi connectivity index (χ2v) is 3.63. The average molecular weight is 187 g/mol. The van der Waals surface area contributed by atoms with Crippen molar-refractivity contribution in [3.8, 4) is 0 Å². The van der Waals surface area contributed by atoms with Crippen molar-refractivity contribution < 1.29 is 9.84 Å². The topological polar surface area (TPSA) is 41.5 Å². The van der Waals surface area contributed by atoms with Crippen LogP contribution in [0.1, 0.15) is 32.6 Å². The van der Waals surface area contributed by atoms with Gasteiger partial charge in [0.05, 0.1) is 19.3 Å². The predicted molar refractivity (Wildman–Crippen MR) is 52.8 cm³/mol. The van der Waals surface area contributed by atoms with Crippen LogP contribution in [0.2, 0.25) is 0 Å². The molecule has 1 aliphatic rings. The smallest absolute Gasteiger partial charge is 0.0701 e. The molecule has 1 fully saturated rings. The summed E-state index contributed by atoms with van der Waals surface area (Å²) in [5.41, 5.74) is 0. The van der Waals surface area contributed by atoms with Crippen LogP contribution in [0.25, 0.3) is 0 Å². The first-order chi connectivity index (χ1) is 6.36. The molecule has 1 saturated carbocycles. The number of rotatable bonds is 5. The van der Waals surface area contributed by atoms with Crippen LogP contribution in [0.3, 0.4) is 0 Å². The Labute approximate surface area is 80.5 Å². The van der Waals surface area contributed by atoms with Gasteiger partial charge in [0.1, 0.15) is 0 Å². The third-order valence-electron chi connectivity index (χ3n) is 2.61. The molecular formula is C10H21NO2. The fourth-order valence-corrected chi connectivity index (χ4v) is 1.94. The Balaban J connectivity index is 2.08. The molecule has 0 radical (unpaired) electrons. The second-order valence-electron chi connectivity index (χ2n) is 3.63. The van der Waals surface area contributed by atoms with Crippen molar-refractivity contribution in [2.24, 2.45) is 0 Å². The largest absolute Gasteiger partial charge is 0.394 e. The molecule has 3 nitrogen and oxygen atoms in total. The maximum Gasteiger partial charge on any atom is 0.0701 e. The van der Waals surface area contributed by atoms with Crippen LogP contribution in [-0.2, 0) is 4.74 Å². The summed E-state index contributed by atoms with van der Waals surface area (Å²) in [6, 6.07) is 0.693. The molecule has 0 spiro atoms. The van der Waals surface area contributed by atoms with Gasteiger partial charge in [0.15, 0.2) is 0 Å². The third kappa shape index (κ3) is 4.07. The monoisotopic (exact) mass is 187 g/mol. The van der Waals surface area contributed by atoms with Crippen molar-refractivity contribution >= 4 is 0 Å². The number of ether oxygens (including phenoxy) is 1. The van der Waals surface area contributed by atoms with Crippen LogP contribution in [0.5, 0.6) is 0 Å². The molecule has 0 aromatic heterocycles. The highest BCUT2D eigenvalue weighted by Gasteiger charge is 2.20. The van der Waals surface area contributed by atoms with Gasteiger partial charge in [-0.2, -0.15) is 0 Å². The Morgan fingerprint density at radius 3 is 2.54 bits per heavy atom. The molecule has 0 heterocycles. The minimum Gasteiger partial charge on any atom is -0.394 e. The maximum absolute atomic E-state index is 8.60. The molecule has 78 valence electrons. The zero-order valence-corrected chi connectivity index (χ0v) is 8.46. The highest BCUT2D eigenvalue weighted by atomic mass is 16.5. The zero-order valence-electron chi connectivity index (χ0n) is 8.46. The van der Waals surface area contributed by atoms with Crippen LogP contribution in [-0.4, -0.2) is 37.0 Å². The molecule has 3 heteroatoms. The van der Waals surface area contributed by atoms with Crippen LogP contribution in [0.15, 0.2) is 0 Å². The van der Waals surface area contributed by atoms with E-state index in [1.807, 2.05) is 0 Å². The van der Waals surface area contributed by atoms with E-state index in [0.717, 1.165) is 19.4 Å². The summed E-state index contributed by atoms with van der Waals surface area (Å²) in [6.07, 6.45) is 5.09. The van der Waals surface area contributed by atoms with Crippen molar-refractivity contribution in [1.29, 1.82) is 0 Å². The van der Waals surface area contributed by atoms with Crippen molar-refractivity contribution in [2.45, 2.75) is 44.8 Å². The standard InChI is InChI=1S/C10H21NO2/c1-2-11-9-3-5-10(6-4-9)13-8-7-12/h9-12H,2-8H2,1H3.